The molecule has 70 valence electrons. The highest BCUT2D eigenvalue weighted by Crippen LogP contribution is 2.15. The SMILES string of the molecule is COCCCC(=O)C1CCOC1. The monoisotopic (exact) mass is 172 g/mol. The van der Waals surface area contributed by atoms with Gasteiger partial charge in [-0.15, -0.1) is 0 Å². The molecule has 0 N–H and O–H groups in total. The van der Waals surface area contributed by atoms with Crippen LogP contribution in [0.3, 0.4) is 0 Å². The van der Waals surface area contributed by atoms with Crippen LogP contribution in [-0.2, 0) is 14.3 Å². The molecule has 1 fully saturated rings. The molecular weight excluding hydrogens is 156 g/mol. The zero-order valence-corrected chi connectivity index (χ0v) is 7.54. The van der Waals surface area contributed by atoms with E-state index in [4.69, 9.17) is 9.47 Å². The topological polar surface area (TPSA) is 35.5 Å². The minimum atomic E-state index is 0.168. The first-order valence-electron chi connectivity index (χ1n) is 4.44. The molecule has 0 spiro atoms. The van der Waals surface area contributed by atoms with Crippen molar-refractivity contribution in [1.29, 1.82) is 0 Å². The molecule has 1 unspecified atom stereocenters. The molecule has 1 rings (SSSR count). The molecule has 1 aliphatic heterocycles. The second-order valence-corrected chi connectivity index (χ2v) is 3.12. The van der Waals surface area contributed by atoms with Crippen LogP contribution >= 0.6 is 0 Å². The Kier molecular flexibility index (Phi) is 4.25. The summed E-state index contributed by atoms with van der Waals surface area (Å²) in [6.07, 6.45) is 2.39. The van der Waals surface area contributed by atoms with Gasteiger partial charge in [0.05, 0.1) is 6.61 Å². The van der Waals surface area contributed by atoms with E-state index in [9.17, 15) is 4.79 Å². The smallest absolute Gasteiger partial charge is 0.138 e. The lowest BCUT2D eigenvalue weighted by molar-refractivity contribution is -0.123. The van der Waals surface area contributed by atoms with Crippen molar-refractivity contribution >= 4 is 5.78 Å². The van der Waals surface area contributed by atoms with Crippen LogP contribution in [0.1, 0.15) is 19.3 Å². The van der Waals surface area contributed by atoms with Gasteiger partial charge in [0, 0.05) is 32.7 Å². The third-order valence-corrected chi connectivity index (χ3v) is 2.16. The molecular formula is C9H16O3. The second-order valence-electron chi connectivity index (χ2n) is 3.12. The summed E-state index contributed by atoms with van der Waals surface area (Å²) in [6, 6.07) is 0. The Hall–Kier alpha value is -0.410. The van der Waals surface area contributed by atoms with Crippen LogP contribution in [0, 0.1) is 5.92 Å². The highest BCUT2D eigenvalue weighted by Gasteiger charge is 2.22. The molecule has 3 nitrogen and oxygen atoms in total. The van der Waals surface area contributed by atoms with Crippen molar-refractivity contribution in [2.45, 2.75) is 19.3 Å². The maximum atomic E-state index is 11.4. The first kappa shape index (κ1) is 9.68. The van der Waals surface area contributed by atoms with Gasteiger partial charge < -0.3 is 9.47 Å². The molecule has 0 radical (unpaired) electrons. The lowest BCUT2D eigenvalue weighted by Crippen LogP contribution is -2.14. The lowest BCUT2D eigenvalue weighted by atomic mass is 10.00. The summed E-state index contributed by atoms with van der Waals surface area (Å²) < 4.78 is 10.0. The quantitative estimate of drug-likeness (QED) is 0.581. The van der Waals surface area contributed by atoms with Crippen molar-refractivity contribution in [2.75, 3.05) is 26.9 Å². The Morgan fingerprint density at radius 3 is 3.08 bits per heavy atom. The Morgan fingerprint density at radius 2 is 2.50 bits per heavy atom. The number of ketones is 1. The van der Waals surface area contributed by atoms with E-state index < -0.39 is 0 Å². The number of rotatable bonds is 5. The average molecular weight is 172 g/mol. The molecule has 1 heterocycles. The summed E-state index contributed by atoms with van der Waals surface area (Å²) in [5.41, 5.74) is 0. The molecule has 1 saturated heterocycles. The third kappa shape index (κ3) is 2.91. The van der Waals surface area contributed by atoms with Crippen LogP contribution < -0.4 is 0 Å². The van der Waals surface area contributed by atoms with E-state index >= 15 is 0 Å². The largest absolute Gasteiger partial charge is 0.385 e. The molecule has 0 amide bonds. The maximum absolute atomic E-state index is 11.4. The third-order valence-electron chi connectivity index (χ3n) is 2.16. The number of carbonyl (C=O) groups excluding carboxylic acids is 1. The molecule has 0 aromatic rings. The van der Waals surface area contributed by atoms with Crippen molar-refractivity contribution in [3.63, 3.8) is 0 Å². The van der Waals surface area contributed by atoms with Crippen molar-refractivity contribution in [1.82, 2.24) is 0 Å². The molecule has 0 aromatic heterocycles. The number of Topliss-reactive ketones (excluding diaryl/α,β-unsaturated/α-hetero) is 1. The fourth-order valence-electron chi connectivity index (χ4n) is 1.38. The van der Waals surface area contributed by atoms with Gasteiger partial charge >= 0.3 is 0 Å². The lowest BCUT2D eigenvalue weighted by Gasteiger charge is -2.04. The van der Waals surface area contributed by atoms with E-state index in [1.54, 1.807) is 7.11 Å². The maximum Gasteiger partial charge on any atom is 0.138 e. The number of ether oxygens (including phenoxy) is 2. The van der Waals surface area contributed by atoms with E-state index in [1.807, 2.05) is 0 Å². The Bertz CT molecular complexity index is 139. The molecule has 0 aromatic carbocycles. The first-order valence-corrected chi connectivity index (χ1v) is 4.44. The molecule has 0 aliphatic carbocycles. The molecule has 3 heteroatoms. The van der Waals surface area contributed by atoms with Gasteiger partial charge in [-0.2, -0.15) is 0 Å². The van der Waals surface area contributed by atoms with E-state index in [2.05, 4.69) is 0 Å². The first-order chi connectivity index (χ1) is 5.84. The van der Waals surface area contributed by atoms with E-state index in [0.29, 0.717) is 25.4 Å². The number of hydrogen-bond donors (Lipinski definition) is 0. The summed E-state index contributed by atoms with van der Waals surface area (Å²) >= 11 is 0. The molecule has 0 bridgehead atoms. The Morgan fingerprint density at radius 1 is 1.67 bits per heavy atom. The molecule has 12 heavy (non-hydrogen) atoms. The van der Waals surface area contributed by atoms with Gasteiger partial charge in [-0.25, -0.2) is 0 Å². The van der Waals surface area contributed by atoms with Gasteiger partial charge in [0.2, 0.25) is 0 Å². The van der Waals surface area contributed by atoms with Gasteiger partial charge in [0.25, 0.3) is 0 Å². The minimum Gasteiger partial charge on any atom is -0.385 e. The number of methoxy groups -OCH3 is 1. The van der Waals surface area contributed by atoms with Crippen molar-refractivity contribution in [3.8, 4) is 0 Å². The van der Waals surface area contributed by atoms with Crippen LogP contribution in [0.4, 0.5) is 0 Å². The van der Waals surface area contributed by atoms with Crippen LogP contribution in [0.25, 0.3) is 0 Å². The summed E-state index contributed by atoms with van der Waals surface area (Å²) in [4.78, 5) is 11.4. The summed E-state index contributed by atoms with van der Waals surface area (Å²) in [7, 11) is 1.66. The molecule has 1 aliphatic rings. The highest BCUT2D eigenvalue weighted by atomic mass is 16.5. The predicted octanol–water partition coefficient (Wildman–Crippen LogP) is 1.02. The van der Waals surface area contributed by atoms with Crippen molar-refractivity contribution in [2.24, 2.45) is 5.92 Å². The molecule has 0 saturated carbocycles. The zero-order chi connectivity index (χ0) is 8.81. The Labute approximate surface area is 73.0 Å². The minimum absolute atomic E-state index is 0.168. The van der Waals surface area contributed by atoms with Gasteiger partial charge in [-0.1, -0.05) is 0 Å². The second kappa shape index (κ2) is 5.27. The van der Waals surface area contributed by atoms with Crippen LogP contribution in [0.2, 0.25) is 0 Å². The summed E-state index contributed by atoms with van der Waals surface area (Å²) in [6.45, 7) is 2.06. The van der Waals surface area contributed by atoms with Gasteiger partial charge in [0.1, 0.15) is 5.78 Å². The van der Waals surface area contributed by atoms with Crippen LogP contribution in [0.15, 0.2) is 0 Å². The number of hydrogen-bond acceptors (Lipinski definition) is 3. The molecule has 1 atom stereocenters. The highest BCUT2D eigenvalue weighted by molar-refractivity contribution is 5.81. The predicted molar refractivity (Wildman–Crippen MR) is 45.0 cm³/mol. The fraction of sp³-hybridized carbons (Fsp3) is 0.889. The van der Waals surface area contributed by atoms with Gasteiger partial charge in [0.15, 0.2) is 0 Å². The number of carbonyl (C=O) groups is 1. The van der Waals surface area contributed by atoms with E-state index in [1.165, 1.54) is 0 Å². The average Bonchev–Trinajstić information content (AvgIpc) is 2.56. The summed E-state index contributed by atoms with van der Waals surface area (Å²) in [5, 5.41) is 0. The zero-order valence-electron chi connectivity index (χ0n) is 7.54. The van der Waals surface area contributed by atoms with Crippen molar-refractivity contribution < 1.29 is 14.3 Å². The van der Waals surface area contributed by atoms with Crippen LogP contribution in [-0.4, -0.2) is 32.7 Å². The van der Waals surface area contributed by atoms with E-state index in [0.717, 1.165) is 19.4 Å². The summed E-state index contributed by atoms with van der Waals surface area (Å²) in [5.74, 6) is 0.506. The fourth-order valence-corrected chi connectivity index (χ4v) is 1.38. The standard InChI is InChI=1S/C9H16O3/c1-11-5-2-3-9(10)8-4-6-12-7-8/h8H,2-7H2,1H3. The van der Waals surface area contributed by atoms with E-state index in [-0.39, 0.29) is 5.92 Å². The van der Waals surface area contributed by atoms with Gasteiger partial charge in [-0.3, -0.25) is 4.79 Å². The van der Waals surface area contributed by atoms with Crippen molar-refractivity contribution in [3.05, 3.63) is 0 Å². The Balaban J connectivity index is 2.10. The normalized spacial score (nSPS) is 22.9. The van der Waals surface area contributed by atoms with Crippen LogP contribution in [0.5, 0.6) is 0 Å². The van der Waals surface area contributed by atoms with Gasteiger partial charge in [-0.05, 0) is 12.8 Å².